The van der Waals surface area contributed by atoms with Crippen molar-refractivity contribution in [3.05, 3.63) is 36.0 Å². The van der Waals surface area contributed by atoms with Crippen molar-refractivity contribution in [2.24, 2.45) is 0 Å². The van der Waals surface area contributed by atoms with Gasteiger partial charge in [-0.2, -0.15) is 23.3 Å². The maximum absolute atomic E-state index is 12.7. The number of nitrogens with zero attached hydrogens (tertiary/aromatic N) is 4. The first-order valence-corrected chi connectivity index (χ1v) is 6.87. The Morgan fingerprint density at radius 2 is 2.00 bits per heavy atom. The van der Waals surface area contributed by atoms with Crippen molar-refractivity contribution < 1.29 is 13.2 Å². The highest BCUT2D eigenvalue weighted by Crippen LogP contribution is 2.31. The van der Waals surface area contributed by atoms with E-state index in [0.717, 1.165) is 18.7 Å². The molecule has 0 unspecified atom stereocenters. The number of halogens is 3. The molecule has 0 aliphatic rings. The summed E-state index contributed by atoms with van der Waals surface area (Å²) in [5.74, 6) is 0.621. The van der Waals surface area contributed by atoms with Crippen LogP contribution in [0.5, 0.6) is 0 Å². The second-order valence-corrected chi connectivity index (χ2v) is 5.10. The van der Waals surface area contributed by atoms with Gasteiger partial charge in [-0.1, -0.05) is 6.07 Å². The third-order valence-corrected chi connectivity index (χ3v) is 2.87. The lowest BCUT2D eigenvalue weighted by molar-refractivity contribution is -0.137. The highest BCUT2D eigenvalue weighted by atomic mass is 19.4. The van der Waals surface area contributed by atoms with Crippen LogP contribution in [0.3, 0.4) is 0 Å². The summed E-state index contributed by atoms with van der Waals surface area (Å²) in [4.78, 5) is 6.16. The summed E-state index contributed by atoms with van der Waals surface area (Å²) in [6.07, 6.45) is -2.95. The fourth-order valence-electron chi connectivity index (χ4n) is 1.75. The summed E-state index contributed by atoms with van der Waals surface area (Å²) in [7, 11) is 3.89. The fourth-order valence-corrected chi connectivity index (χ4v) is 1.75. The summed E-state index contributed by atoms with van der Waals surface area (Å²) < 4.78 is 38.1. The average Bonchev–Trinajstić information content (AvgIpc) is 2.47. The molecule has 2 aromatic rings. The molecule has 0 spiro atoms. The Labute approximate surface area is 131 Å². The zero-order valence-electron chi connectivity index (χ0n) is 12.7. The van der Waals surface area contributed by atoms with Crippen LogP contribution in [0, 0.1) is 0 Å². The predicted octanol–water partition coefficient (Wildman–Crippen LogP) is 2.61. The number of alkyl halides is 3. The third kappa shape index (κ3) is 5.37. The molecular weight excluding hydrogens is 309 g/mol. The zero-order valence-corrected chi connectivity index (χ0v) is 12.7. The Morgan fingerprint density at radius 1 is 1.22 bits per heavy atom. The van der Waals surface area contributed by atoms with E-state index in [4.69, 9.17) is 0 Å². The molecule has 0 fully saturated rings. The lowest BCUT2D eigenvalue weighted by Gasteiger charge is -2.12. The van der Waals surface area contributed by atoms with Crippen LogP contribution in [-0.2, 0) is 6.18 Å². The molecule has 23 heavy (non-hydrogen) atoms. The van der Waals surface area contributed by atoms with Crippen molar-refractivity contribution in [2.75, 3.05) is 37.8 Å². The van der Waals surface area contributed by atoms with Gasteiger partial charge in [0.05, 0.1) is 11.8 Å². The molecule has 0 aliphatic carbocycles. The topological polar surface area (TPSA) is 66.0 Å². The number of rotatable bonds is 6. The fraction of sp³-hybridized carbons (Fsp3) is 0.357. The molecule has 0 radical (unpaired) electrons. The first kappa shape index (κ1) is 16.9. The molecule has 1 heterocycles. The van der Waals surface area contributed by atoms with Crippen molar-refractivity contribution >= 4 is 17.5 Å². The van der Waals surface area contributed by atoms with Crippen LogP contribution in [0.25, 0.3) is 0 Å². The van der Waals surface area contributed by atoms with Crippen molar-refractivity contribution in [2.45, 2.75) is 6.18 Å². The van der Waals surface area contributed by atoms with Crippen LogP contribution in [0.15, 0.2) is 30.5 Å². The van der Waals surface area contributed by atoms with Gasteiger partial charge in [-0.3, -0.25) is 0 Å². The van der Waals surface area contributed by atoms with Gasteiger partial charge >= 0.3 is 6.18 Å². The molecule has 2 rings (SSSR count). The largest absolute Gasteiger partial charge is 0.416 e. The van der Waals surface area contributed by atoms with Gasteiger partial charge in [0.15, 0.2) is 5.82 Å². The van der Waals surface area contributed by atoms with E-state index in [0.29, 0.717) is 12.4 Å². The second-order valence-electron chi connectivity index (χ2n) is 5.10. The minimum Gasteiger partial charge on any atom is -0.367 e. The van der Waals surface area contributed by atoms with Crippen molar-refractivity contribution in [1.29, 1.82) is 0 Å². The Hall–Kier alpha value is -2.42. The first-order valence-electron chi connectivity index (χ1n) is 6.87. The molecule has 0 bridgehead atoms. The minimum absolute atomic E-state index is 0.124. The summed E-state index contributed by atoms with van der Waals surface area (Å²) in [5, 5.41) is 13.3. The SMILES string of the molecule is CN(C)CCNc1cnnc(Nc2cccc(C(F)(F)F)c2)n1. The molecule has 1 aromatic heterocycles. The Balaban J connectivity index is 2.06. The van der Waals surface area contributed by atoms with E-state index < -0.39 is 11.7 Å². The van der Waals surface area contributed by atoms with Gasteiger partial charge in [-0.05, 0) is 32.3 Å². The highest BCUT2D eigenvalue weighted by Gasteiger charge is 2.30. The van der Waals surface area contributed by atoms with E-state index in [9.17, 15) is 13.2 Å². The van der Waals surface area contributed by atoms with Crippen molar-refractivity contribution in [1.82, 2.24) is 20.1 Å². The standard InChI is InChI=1S/C14H17F3N6/c1-23(2)7-6-18-12-9-19-22-13(21-12)20-11-5-3-4-10(8-11)14(15,16)17/h3-5,8-9H,6-7H2,1-2H3,(H2,18,20,21,22). The van der Waals surface area contributed by atoms with Gasteiger partial charge in [0.1, 0.15) is 0 Å². The van der Waals surface area contributed by atoms with E-state index >= 15 is 0 Å². The van der Waals surface area contributed by atoms with E-state index in [-0.39, 0.29) is 11.6 Å². The van der Waals surface area contributed by atoms with Crippen LogP contribution >= 0.6 is 0 Å². The number of nitrogens with one attached hydrogen (secondary N) is 2. The monoisotopic (exact) mass is 326 g/mol. The molecule has 0 amide bonds. The molecule has 2 N–H and O–H groups in total. The smallest absolute Gasteiger partial charge is 0.367 e. The molecular formula is C14H17F3N6. The summed E-state index contributed by atoms with van der Waals surface area (Å²) >= 11 is 0. The average molecular weight is 326 g/mol. The highest BCUT2D eigenvalue weighted by molar-refractivity contribution is 5.55. The van der Waals surface area contributed by atoms with Gasteiger partial charge in [0.2, 0.25) is 5.95 Å². The Morgan fingerprint density at radius 3 is 2.70 bits per heavy atom. The molecule has 6 nitrogen and oxygen atoms in total. The van der Waals surface area contributed by atoms with Gasteiger partial charge < -0.3 is 15.5 Å². The number of aromatic nitrogens is 3. The number of anilines is 3. The third-order valence-electron chi connectivity index (χ3n) is 2.87. The lowest BCUT2D eigenvalue weighted by atomic mass is 10.2. The zero-order chi connectivity index (χ0) is 16.9. The second kappa shape index (κ2) is 7.23. The van der Waals surface area contributed by atoms with Crippen LogP contribution < -0.4 is 10.6 Å². The minimum atomic E-state index is -4.40. The molecule has 0 saturated carbocycles. The maximum atomic E-state index is 12.7. The molecule has 0 saturated heterocycles. The van der Waals surface area contributed by atoms with Gasteiger partial charge in [0.25, 0.3) is 0 Å². The number of likely N-dealkylation sites (N-methyl/N-ethyl adjacent to an activating group) is 1. The normalized spacial score (nSPS) is 11.6. The van der Waals surface area contributed by atoms with Crippen molar-refractivity contribution in [3.63, 3.8) is 0 Å². The first-order chi connectivity index (χ1) is 10.8. The number of hydrogen-bond acceptors (Lipinski definition) is 6. The molecule has 0 aliphatic heterocycles. The van der Waals surface area contributed by atoms with Crippen molar-refractivity contribution in [3.8, 4) is 0 Å². The maximum Gasteiger partial charge on any atom is 0.416 e. The van der Waals surface area contributed by atoms with E-state index in [1.54, 1.807) is 0 Å². The van der Waals surface area contributed by atoms with E-state index in [1.165, 1.54) is 18.3 Å². The van der Waals surface area contributed by atoms with E-state index in [1.807, 2.05) is 19.0 Å². The number of hydrogen-bond donors (Lipinski definition) is 2. The van der Waals surface area contributed by atoms with Gasteiger partial charge in [0, 0.05) is 18.8 Å². The quantitative estimate of drug-likeness (QED) is 0.851. The van der Waals surface area contributed by atoms with Gasteiger partial charge in [-0.25, -0.2) is 0 Å². The van der Waals surface area contributed by atoms with Crippen LogP contribution in [0.2, 0.25) is 0 Å². The summed E-state index contributed by atoms with van der Waals surface area (Å²) in [6.45, 7) is 1.47. The lowest BCUT2D eigenvalue weighted by Crippen LogP contribution is -2.21. The van der Waals surface area contributed by atoms with E-state index in [2.05, 4.69) is 25.8 Å². The van der Waals surface area contributed by atoms with Crippen LogP contribution in [0.1, 0.15) is 5.56 Å². The van der Waals surface area contributed by atoms with Crippen LogP contribution in [0.4, 0.5) is 30.6 Å². The molecule has 1 aromatic carbocycles. The summed E-state index contributed by atoms with van der Waals surface area (Å²) in [6, 6.07) is 4.82. The Bertz CT molecular complexity index is 644. The molecule has 0 atom stereocenters. The number of benzene rings is 1. The van der Waals surface area contributed by atoms with Gasteiger partial charge in [-0.15, -0.1) is 5.10 Å². The summed E-state index contributed by atoms with van der Waals surface area (Å²) in [5.41, 5.74) is -0.497. The Kier molecular flexibility index (Phi) is 5.32. The van der Waals surface area contributed by atoms with Crippen LogP contribution in [-0.4, -0.2) is 47.3 Å². The molecule has 124 valence electrons. The predicted molar refractivity (Wildman–Crippen MR) is 81.6 cm³/mol. The molecule has 9 heteroatoms.